The molecule has 120 valence electrons. The third-order valence-corrected chi connectivity index (χ3v) is 4.57. The minimum atomic E-state index is 0.0449. The maximum absolute atomic E-state index is 12.8. The van der Waals surface area contributed by atoms with Crippen LogP contribution in [-0.2, 0) is 4.74 Å². The lowest BCUT2D eigenvalue weighted by molar-refractivity contribution is 0.0601. The average molecular weight is 304 g/mol. The quantitative estimate of drug-likeness (QED) is 0.851. The lowest BCUT2D eigenvalue weighted by atomic mass is 9.99. The number of nitrogens with zero attached hydrogens (tertiary/aromatic N) is 4. The Morgan fingerprint density at radius 3 is 2.86 bits per heavy atom. The SMILES string of the molecule is CCC1CCCCN1C(=O)c1cc(N2CCOCC2)ncn1. The van der Waals surface area contributed by atoms with Gasteiger partial charge in [0.1, 0.15) is 17.8 Å². The van der Waals surface area contributed by atoms with E-state index in [4.69, 9.17) is 4.74 Å². The number of aromatic nitrogens is 2. The number of piperidine rings is 1. The number of anilines is 1. The predicted molar refractivity (Wildman–Crippen MR) is 84.0 cm³/mol. The number of hydrogen-bond acceptors (Lipinski definition) is 5. The molecule has 2 fully saturated rings. The van der Waals surface area contributed by atoms with Crippen molar-refractivity contribution in [2.45, 2.75) is 38.6 Å². The van der Waals surface area contributed by atoms with Crippen LogP contribution in [0.15, 0.2) is 12.4 Å². The van der Waals surface area contributed by atoms with E-state index in [1.54, 1.807) is 0 Å². The van der Waals surface area contributed by atoms with Crippen LogP contribution in [-0.4, -0.2) is 59.7 Å². The van der Waals surface area contributed by atoms with E-state index >= 15 is 0 Å². The van der Waals surface area contributed by atoms with Gasteiger partial charge in [0, 0.05) is 31.7 Å². The Morgan fingerprint density at radius 1 is 1.27 bits per heavy atom. The highest BCUT2D eigenvalue weighted by Crippen LogP contribution is 2.22. The number of carbonyl (C=O) groups excluding carboxylic acids is 1. The van der Waals surface area contributed by atoms with Crippen LogP contribution in [0.2, 0.25) is 0 Å². The molecule has 0 saturated carbocycles. The molecule has 2 saturated heterocycles. The molecule has 0 bridgehead atoms. The molecule has 2 aliphatic rings. The number of amides is 1. The molecule has 0 spiro atoms. The van der Waals surface area contributed by atoms with Gasteiger partial charge in [0.2, 0.25) is 0 Å². The number of ether oxygens (including phenoxy) is 1. The molecule has 0 N–H and O–H groups in total. The molecule has 22 heavy (non-hydrogen) atoms. The summed E-state index contributed by atoms with van der Waals surface area (Å²) in [7, 11) is 0. The van der Waals surface area contributed by atoms with E-state index in [0.29, 0.717) is 24.9 Å². The van der Waals surface area contributed by atoms with Gasteiger partial charge < -0.3 is 14.5 Å². The van der Waals surface area contributed by atoms with Crippen molar-refractivity contribution in [1.29, 1.82) is 0 Å². The maximum Gasteiger partial charge on any atom is 0.272 e. The summed E-state index contributed by atoms with van der Waals surface area (Å²) in [5.74, 6) is 0.871. The van der Waals surface area contributed by atoms with Crippen LogP contribution in [0.5, 0.6) is 0 Å². The average Bonchev–Trinajstić information content (AvgIpc) is 2.62. The van der Waals surface area contributed by atoms with Crippen molar-refractivity contribution in [2.24, 2.45) is 0 Å². The van der Waals surface area contributed by atoms with Crippen LogP contribution in [0.1, 0.15) is 43.1 Å². The standard InChI is InChI=1S/C16H24N4O2/c1-2-13-5-3-4-6-20(13)16(21)14-11-15(18-12-17-14)19-7-9-22-10-8-19/h11-13H,2-10H2,1H3. The minimum Gasteiger partial charge on any atom is -0.378 e. The van der Waals surface area contributed by atoms with Crippen LogP contribution in [0.25, 0.3) is 0 Å². The van der Waals surface area contributed by atoms with E-state index in [0.717, 1.165) is 44.7 Å². The van der Waals surface area contributed by atoms with Gasteiger partial charge in [0.05, 0.1) is 13.2 Å². The maximum atomic E-state index is 12.8. The molecule has 0 radical (unpaired) electrons. The highest BCUT2D eigenvalue weighted by atomic mass is 16.5. The number of carbonyl (C=O) groups is 1. The van der Waals surface area contributed by atoms with E-state index in [9.17, 15) is 4.79 Å². The number of rotatable bonds is 3. The van der Waals surface area contributed by atoms with Gasteiger partial charge >= 0.3 is 0 Å². The summed E-state index contributed by atoms with van der Waals surface area (Å²) in [4.78, 5) is 25.5. The molecule has 1 atom stereocenters. The Balaban J connectivity index is 1.77. The number of likely N-dealkylation sites (tertiary alicyclic amines) is 1. The Morgan fingerprint density at radius 2 is 2.09 bits per heavy atom. The van der Waals surface area contributed by atoms with E-state index in [-0.39, 0.29) is 5.91 Å². The smallest absolute Gasteiger partial charge is 0.272 e. The number of hydrogen-bond donors (Lipinski definition) is 0. The molecule has 1 aromatic rings. The normalized spacial score (nSPS) is 22.7. The number of morpholine rings is 1. The van der Waals surface area contributed by atoms with E-state index in [1.807, 2.05) is 11.0 Å². The largest absolute Gasteiger partial charge is 0.378 e. The monoisotopic (exact) mass is 304 g/mol. The zero-order valence-corrected chi connectivity index (χ0v) is 13.2. The second-order valence-electron chi connectivity index (χ2n) is 5.92. The Bertz CT molecular complexity index is 517. The van der Waals surface area contributed by atoms with Crippen molar-refractivity contribution in [3.05, 3.63) is 18.1 Å². The van der Waals surface area contributed by atoms with Crippen LogP contribution >= 0.6 is 0 Å². The van der Waals surface area contributed by atoms with Crippen molar-refractivity contribution < 1.29 is 9.53 Å². The van der Waals surface area contributed by atoms with Gasteiger partial charge in [-0.3, -0.25) is 4.79 Å². The summed E-state index contributed by atoms with van der Waals surface area (Å²) in [6.45, 7) is 6.02. The topological polar surface area (TPSA) is 58.6 Å². The van der Waals surface area contributed by atoms with Gasteiger partial charge in [-0.05, 0) is 25.7 Å². The van der Waals surface area contributed by atoms with Crippen molar-refractivity contribution in [1.82, 2.24) is 14.9 Å². The first-order valence-electron chi connectivity index (χ1n) is 8.25. The van der Waals surface area contributed by atoms with E-state index in [2.05, 4.69) is 21.8 Å². The van der Waals surface area contributed by atoms with Crippen molar-refractivity contribution in [3.63, 3.8) is 0 Å². The third-order valence-electron chi connectivity index (χ3n) is 4.57. The molecular formula is C16H24N4O2. The van der Waals surface area contributed by atoms with Crippen LogP contribution < -0.4 is 4.90 Å². The first-order valence-corrected chi connectivity index (χ1v) is 8.25. The zero-order valence-electron chi connectivity index (χ0n) is 13.2. The zero-order chi connectivity index (χ0) is 15.4. The van der Waals surface area contributed by atoms with Crippen molar-refractivity contribution in [2.75, 3.05) is 37.7 Å². The van der Waals surface area contributed by atoms with E-state index in [1.165, 1.54) is 12.7 Å². The molecule has 0 aromatic carbocycles. The fourth-order valence-electron chi connectivity index (χ4n) is 3.27. The predicted octanol–water partition coefficient (Wildman–Crippen LogP) is 1.72. The molecule has 1 unspecified atom stereocenters. The first-order chi connectivity index (χ1) is 10.8. The molecule has 0 aliphatic carbocycles. The molecule has 3 rings (SSSR count). The molecule has 1 aromatic heterocycles. The van der Waals surface area contributed by atoms with Crippen LogP contribution in [0, 0.1) is 0 Å². The second-order valence-corrected chi connectivity index (χ2v) is 5.92. The fraction of sp³-hybridized carbons (Fsp3) is 0.688. The van der Waals surface area contributed by atoms with Gasteiger partial charge in [-0.15, -0.1) is 0 Å². The van der Waals surface area contributed by atoms with Gasteiger partial charge in [-0.2, -0.15) is 0 Å². The summed E-state index contributed by atoms with van der Waals surface area (Å²) in [5.41, 5.74) is 0.511. The van der Waals surface area contributed by atoms with Crippen LogP contribution in [0.4, 0.5) is 5.82 Å². The Kier molecular flexibility index (Phi) is 4.87. The molecule has 6 heteroatoms. The van der Waals surface area contributed by atoms with Crippen molar-refractivity contribution >= 4 is 11.7 Å². The van der Waals surface area contributed by atoms with Gasteiger partial charge in [0.15, 0.2) is 0 Å². The van der Waals surface area contributed by atoms with Gasteiger partial charge in [0.25, 0.3) is 5.91 Å². The summed E-state index contributed by atoms with van der Waals surface area (Å²) >= 11 is 0. The highest BCUT2D eigenvalue weighted by molar-refractivity contribution is 5.93. The van der Waals surface area contributed by atoms with E-state index < -0.39 is 0 Å². The Labute approximate surface area is 131 Å². The Hall–Kier alpha value is -1.69. The molecule has 2 aliphatic heterocycles. The summed E-state index contributed by atoms with van der Waals surface area (Å²) in [6, 6.07) is 2.18. The fourth-order valence-corrected chi connectivity index (χ4v) is 3.27. The summed E-state index contributed by atoms with van der Waals surface area (Å²) in [6.07, 6.45) is 5.91. The molecule has 3 heterocycles. The molecule has 1 amide bonds. The lowest BCUT2D eigenvalue weighted by Gasteiger charge is -2.35. The summed E-state index contributed by atoms with van der Waals surface area (Å²) < 4.78 is 5.36. The lowest BCUT2D eigenvalue weighted by Crippen LogP contribution is -2.44. The third kappa shape index (κ3) is 3.21. The van der Waals surface area contributed by atoms with Gasteiger partial charge in [-0.1, -0.05) is 6.92 Å². The van der Waals surface area contributed by atoms with Gasteiger partial charge in [-0.25, -0.2) is 9.97 Å². The van der Waals surface area contributed by atoms with Crippen LogP contribution in [0.3, 0.4) is 0 Å². The van der Waals surface area contributed by atoms with Crippen molar-refractivity contribution in [3.8, 4) is 0 Å². The molecule has 6 nitrogen and oxygen atoms in total. The highest BCUT2D eigenvalue weighted by Gasteiger charge is 2.27. The minimum absolute atomic E-state index is 0.0449. The summed E-state index contributed by atoms with van der Waals surface area (Å²) in [5, 5.41) is 0. The second kappa shape index (κ2) is 7.05. The molecular weight excluding hydrogens is 280 g/mol. The first kappa shape index (κ1) is 15.2.